The molecule has 0 unspecified atom stereocenters. The summed E-state index contributed by atoms with van der Waals surface area (Å²) in [6.07, 6.45) is 9.61. The Labute approximate surface area is 171 Å². The van der Waals surface area contributed by atoms with Gasteiger partial charge in [0.25, 0.3) is 5.91 Å². The molecule has 29 heavy (non-hydrogen) atoms. The molecule has 4 rings (SSSR count). The van der Waals surface area contributed by atoms with Gasteiger partial charge in [-0.15, -0.1) is 0 Å². The molecule has 156 valence electrons. The Hall–Kier alpha value is -2.64. The lowest BCUT2D eigenvalue weighted by molar-refractivity contribution is -0.129. The second kappa shape index (κ2) is 8.39. The fraction of sp³-hybridized carbons (Fsp3) is 0.619. The van der Waals surface area contributed by atoms with Crippen LogP contribution in [0.1, 0.15) is 62.7 Å². The Bertz CT molecular complexity index is 894. The molecule has 0 radical (unpaired) electrons. The summed E-state index contributed by atoms with van der Waals surface area (Å²) in [6, 6.07) is 0.461. The number of rotatable bonds is 5. The van der Waals surface area contributed by atoms with Crippen LogP contribution in [-0.4, -0.2) is 56.7 Å². The van der Waals surface area contributed by atoms with Gasteiger partial charge in [-0.05, 0) is 32.6 Å². The number of pyridine rings is 1. The minimum atomic E-state index is -0.0702. The van der Waals surface area contributed by atoms with E-state index in [9.17, 15) is 9.59 Å². The minimum Gasteiger partial charge on any atom is -0.381 e. The average molecular weight is 399 g/mol. The number of carbonyl (C=O) groups is 2. The maximum Gasteiger partial charge on any atom is 0.255 e. The molecule has 1 saturated carbocycles. The van der Waals surface area contributed by atoms with Crippen molar-refractivity contribution >= 4 is 28.5 Å². The van der Waals surface area contributed by atoms with E-state index in [1.807, 2.05) is 16.5 Å². The second-order valence-electron chi connectivity index (χ2n) is 8.12. The van der Waals surface area contributed by atoms with E-state index in [1.54, 1.807) is 19.3 Å². The Kier molecular flexibility index (Phi) is 5.69. The maximum absolute atomic E-state index is 13.1. The van der Waals surface area contributed by atoms with Gasteiger partial charge in [-0.25, -0.2) is 9.67 Å². The van der Waals surface area contributed by atoms with Crippen molar-refractivity contribution in [2.75, 3.05) is 18.4 Å². The third kappa shape index (κ3) is 4.06. The molecule has 2 aromatic heterocycles. The number of anilines is 1. The lowest BCUT2D eigenvalue weighted by atomic mass is 10.0. The highest BCUT2D eigenvalue weighted by Gasteiger charge is 2.26. The highest BCUT2D eigenvalue weighted by Crippen LogP contribution is 2.29. The highest BCUT2D eigenvalue weighted by atomic mass is 16.2. The largest absolute Gasteiger partial charge is 0.381 e. The van der Waals surface area contributed by atoms with Gasteiger partial charge in [0.05, 0.1) is 22.8 Å². The van der Waals surface area contributed by atoms with E-state index in [-0.39, 0.29) is 23.9 Å². The third-order valence-electron chi connectivity index (χ3n) is 6.19. The van der Waals surface area contributed by atoms with E-state index in [1.165, 1.54) is 12.8 Å². The molecule has 1 aliphatic carbocycles. The first-order chi connectivity index (χ1) is 14.1. The van der Waals surface area contributed by atoms with Crippen LogP contribution in [0.15, 0.2) is 12.4 Å². The van der Waals surface area contributed by atoms with Gasteiger partial charge in [-0.1, -0.05) is 12.8 Å². The maximum atomic E-state index is 13.1. The molecule has 0 aromatic carbocycles. The van der Waals surface area contributed by atoms with Gasteiger partial charge in [-0.2, -0.15) is 5.10 Å². The molecule has 2 amide bonds. The topological polar surface area (TPSA) is 92.2 Å². The van der Waals surface area contributed by atoms with Crippen LogP contribution >= 0.6 is 0 Å². The molecular formula is C21H30N6O2. The SMILES string of the molecule is CCn1ncc2c(NC3CCN(C(C)=O)CC3)c(C(=O)NC3CCCC3)cnc21. The van der Waals surface area contributed by atoms with Crippen molar-refractivity contribution in [2.45, 2.75) is 71.0 Å². The van der Waals surface area contributed by atoms with Crippen LogP contribution in [0.25, 0.3) is 11.0 Å². The summed E-state index contributed by atoms with van der Waals surface area (Å²) >= 11 is 0. The first-order valence-electron chi connectivity index (χ1n) is 10.7. The first kappa shape index (κ1) is 19.7. The van der Waals surface area contributed by atoms with Crippen LogP contribution in [0.2, 0.25) is 0 Å². The summed E-state index contributed by atoms with van der Waals surface area (Å²) in [5, 5.41) is 12.1. The van der Waals surface area contributed by atoms with E-state index < -0.39 is 0 Å². The molecule has 3 heterocycles. The molecule has 2 aliphatic rings. The van der Waals surface area contributed by atoms with Gasteiger partial charge < -0.3 is 15.5 Å². The molecule has 2 aromatic rings. The third-order valence-corrected chi connectivity index (χ3v) is 6.19. The van der Waals surface area contributed by atoms with Gasteiger partial charge >= 0.3 is 0 Å². The van der Waals surface area contributed by atoms with Crippen molar-refractivity contribution in [2.24, 2.45) is 0 Å². The lowest BCUT2D eigenvalue weighted by Gasteiger charge is -2.32. The number of fused-ring (bicyclic) bond motifs is 1. The minimum absolute atomic E-state index is 0.0702. The van der Waals surface area contributed by atoms with Crippen LogP contribution in [0.3, 0.4) is 0 Å². The summed E-state index contributed by atoms with van der Waals surface area (Å²) in [5.41, 5.74) is 2.18. The number of hydrogen-bond acceptors (Lipinski definition) is 5. The van der Waals surface area contributed by atoms with Crippen molar-refractivity contribution in [1.82, 2.24) is 25.0 Å². The molecule has 0 spiro atoms. The van der Waals surface area contributed by atoms with Gasteiger partial charge in [0, 0.05) is 44.8 Å². The number of hydrogen-bond donors (Lipinski definition) is 2. The summed E-state index contributed by atoms with van der Waals surface area (Å²) in [6.45, 7) is 5.84. The Balaban J connectivity index is 1.61. The monoisotopic (exact) mass is 398 g/mol. The molecular weight excluding hydrogens is 368 g/mol. The fourth-order valence-corrected chi connectivity index (χ4v) is 4.46. The van der Waals surface area contributed by atoms with Crippen LogP contribution in [-0.2, 0) is 11.3 Å². The van der Waals surface area contributed by atoms with Crippen LogP contribution in [0.5, 0.6) is 0 Å². The van der Waals surface area contributed by atoms with Crippen molar-refractivity contribution in [3.05, 3.63) is 18.0 Å². The summed E-state index contributed by atoms with van der Waals surface area (Å²) in [4.78, 5) is 31.1. The predicted octanol–water partition coefficient (Wildman–Crippen LogP) is 2.55. The summed E-state index contributed by atoms with van der Waals surface area (Å²) in [5.74, 6) is 0.0508. The standard InChI is InChI=1S/C21H30N6O2/c1-3-27-20-17(13-23-27)19(24-16-8-10-26(11-9-16)14(2)28)18(12-22-20)21(29)25-15-6-4-5-7-15/h12-13,15-16H,3-11H2,1-2H3,(H,22,24)(H,25,29). The first-order valence-corrected chi connectivity index (χ1v) is 10.7. The van der Waals surface area contributed by atoms with Crippen LogP contribution in [0.4, 0.5) is 5.69 Å². The summed E-state index contributed by atoms with van der Waals surface area (Å²) < 4.78 is 1.84. The van der Waals surface area contributed by atoms with E-state index in [2.05, 4.69) is 20.7 Å². The highest BCUT2D eigenvalue weighted by molar-refractivity contribution is 6.06. The normalized spacial score (nSPS) is 18.3. The van der Waals surface area contributed by atoms with Gasteiger partial charge in [0.15, 0.2) is 5.65 Å². The zero-order valence-corrected chi connectivity index (χ0v) is 17.3. The van der Waals surface area contributed by atoms with E-state index in [0.717, 1.165) is 62.0 Å². The van der Waals surface area contributed by atoms with E-state index in [4.69, 9.17) is 0 Å². The molecule has 0 bridgehead atoms. The predicted molar refractivity (Wildman–Crippen MR) is 112 cm³/mol. The van der Waals surface area contributed by atoms with E-state index >= 15 is 0 Å². The van der Waals surface area contributed by atoms with Gasteiger partial charge in [0.1, 0.15) is 0 Å². The van der Waals surface area contributed by atoms with E-state index in [0.29, 0.717) is 5.56 Å². The Morgan fingerprint density at radius 2 is 1.83 bits per heavy atom. The lowest BCUT2D eigenvalue weighted by Crippen LogP contribution is -2.41. The average Bonchev–Trinajstić information content (AvgIpc) is 3.38. The van der Waals surface area contributed by atoms with Crippen LogP contribution < -0.4 is 10.6 Å². The van der Waals surface area contributed by atoms with Crippen molar-refractivity contribution in [1.29, 1.82) is 0 Å². The van der Waals surface area contributed by atoms with Crippen LogP contribution in [0, 0.1) is 0 Å². The zero-order chi connectivity index (χ0) is 20.4. The smallest absolute Gasteiger partial charge is 0.255 e. The quantitative estimate of drug-likeness (QED) is 0.808. The number of likely N-dealkylation sites (tertiary alicyclic amines) is 1. The van der Waals surface area contributed by atoms with Gasteiger partial charge in [0.2, 0.25) is 5.91 Å². The molecule has 1 saturated heterocycles. The van der Waals surface area contributed by atoms with Crippen molar-refractivity contribution < 1.29 is 9.59 Å². The number of aromatic nitrogens is 3. The Morgan fingerprint density at radius 3 is 2.48 bits per heavy atom. The number of nitrogens with one attached hydrogen (secondary N) is 2. The molecule has 2 N–H and O–H groups in total. The fourth-order valence-electron chi connectivity index (χ4n) is 4.46. The molecule has 8 nitrogen and oxygen atoms in total. The summed E-state index contributed by atoms with van der Waals surface area (Å²) in [7, 11) is 0. The number of piperidine rings is 1. The number of carbonyl (C=O) groups excluding carboxylic acids is 2. The Morgan fingerprint density at radius 1 is 1.10 bits per heavy atom. The zero-order valence-electron chi connectivity index (χ0n) is 17.3. The van der Waals surface area contributed by atoms with Crippen molar-refractivity contribution in [3.63, 3.8) is 0 Å². The van der Waals surface area contributed by atoms with Crippen molar-refractivity contribution in [3.8, 4) is 0 Å². The number of aryl methyl sites for hydroxylation is 1. The second-order valence-corrected chi connectivity index (χ2v) is 8.12. The van der Waals surface area contributed by atoms with Gasteiger partial charge in [-0.3, -0.25) is 9.59 Å². The number of amides is 2. The molecule has 1 aliphatic heterocycles. The molecule has 0 atom stereocenters. The number of nitrogens with zero attached hydrogens (tertiary/aromatic N) is 4. The molecule has 8 heteroatoms. The molecule has 2 fully saturated rings.